The number of hydrogen-bond acceptors (Lipinski definition) is 5. The number of fused-ring (bicyclic) bond motifs is 3. The summed E-state index contributed by atoms with van der Waals surface area (Å²) in [5, 5.41) is 12.7. The van der Waals surface area contributed by atoms with Crippen molar-refractivity contribution < 1.29 is 4.79 Å². The normalized spacial score (nSPS) is 11.4. The molecule has 0 bridgehead atoms. The first-order valence-electron chi connectivity index (χ1n) is 11.4. The lowest BCUT2D eigenvalue weighted by Crippen LogP contribution is -2.22. The lowest BCUT2D eigenvalue weighted by Gasteiger charge is -2.13. The maximum Gasteiger partial charge on any atom is 0.267 e. The van der Waals surface area contributed by atoms with Crippen molar-refractivity contribution >= 4 is 40.0 Å². The topological polar surface area (TPSA) is 81.3 Å². The quantitative estimate of drug-likeness (QED) is 0.336. The first kappa shape index (κ1) is 22.9. The average molecular weight is 484 g/mol. The van der Waals surface area contributed by atoms with Gasteiger partial charge in [-0.2, -0.15) is 0 Å². The molecule has 3 aromatic carbocycles. The van der Waals surface area contributed by atoms with Crippen LogP contribution in [0.25, 0.3) is 22.4 Å². The number of nitrogens with zero attached hydrogens (tertiary/aromatic N) is 4. The molecular weight excluding hydrogens is 458 g/mol. The fraction of sp³-hybridized carbons (Fsp3) is 0.185. The van der Waals surface area contributed by atoms with Crippen LogP contribution in [0.5, 0.6) is 0 Å². The molecule has 0 aliphatic rings. The van der Waals surface area contributed by atoms with E-state index >= 15 is 0 Å². The van der Waals surface area contributed by atoms with Gasteiger partial charge in [-0.15, -0.1) is 10.2 Å². The predicted octanol–water partition coefficient (Wildman–Crippen LogP) is 5.20. The molecule has 1 N–H and O–H groups in total. The number of thioether (sulfide) groups is 1. The minimum atomic E-state index is -0.158. The number of hydrogen-bond donors (Lipinski definition) is 1. The number of nitrogens with one attached hydrogen (secondary N) is 1. The first-order chi connectivity index (χ1) is 16.9. The zero-order valence-corrected chi connectivity index (χ0v) is 20.5. The summed E-state index contributed by atoms with van der Waals surface area (Å²) in [6, 6.07) is 22.9. The molecule has 1 amide bonds. The third-order valence-electron chi connectivity index (χ3n) is 5.94. The highest BCUT2D eigenvalue weighted by molar-refractivity contribution is 7.99. The molecule has 0 aliphatic carbocycles. The van der Waals surface area contributed by atoms with E-state index < -0.39 is 0 Å². The maximum absolute atomic E-state index is 13.5. The highest BCUT2D eigenvalue weighted by Crippen LogP contribution is 2.24. The molecule has 0 saturated carbocycles. The molecule has 0 unspecified atom stereocenters. The summed E-state index contributed by atoms with van der Waals surface area (Å²) in [6.07, 6.45) is 0. The second kappa shape index (κ2) is 9.38. The molecule has 5 rings (SSSR count). The van der Waals surface area contributed by atoms with Crippen LogP contribution in [-0.4, -0.2) is 30.8 Å². The van der Waals surface area contributed by atoms with Crippen LogP contribution in [-0.2, 0) is 4.79 Å². The summed E-state index contributed by atoms with van der Waals surface area (Å²) in [5.41, 5.74) is 4.22. The van der Waals surface area contributed by atoms with Crippen molar-refractivity contribution in [3.8, 4) is 5.69 Å². The SMILES string of the molecule is Cc1ccccc1-n1c(=O)c2ccccc2n2c(SCC(=O)Nc3ccc(C(C)C)cc3)nnc12. The third kappa shape index (κ3) is 4.33. The van der Waals surface area contributed by atoms with Crippen LogP contribution < -0.4 is 10.9 Å². The summed E-state index contributed by atoms with van der Waals surface area (Å²) in [7, 11) is 0. The number of aryl methyl sites for hydroxylation is 1. The standard InChI is InChI=1S/C27H25N5O2S/c1-17(2)19-12-14-20(15-13-19)28-24(33)16-35-27-30-29-26-31(22-10-6-4-8-18(22)3)25(34)21-9-5-7-11-23(21)32(26)27/h4-15,17H,16H2,1-3H3,(H,28,33). The molecule has 0 aliphatic heterocycles. The number of para-hydroxylation sites is 2. The number of rotatable bonds is 6. The Balaban J connectivity index is 1.49. The molecular formula is C27H25N5O2S. The predicted molar refractivity (Wildman–Crippen MR) is 141 cm³/mol. The van der Waals surface area contributed by atoms with Gasteiger partial charge in [0.1, 0.15) is 0 Å². The van der Waals surface area contributed by atoms with Crippen LogP contribution in [0.2, 0.25) is 0 Å². The van der Waals surface area contributed by atoms with Crippen LogP contribution in [0.4, 0.5) is 5.69 Å². The third-order valence-corrected chi connectivity index (χ3v) is 6.87. The van der Waals surface area contributed by atoms with Crippen molar-refractivity contribution in [2.45, 2.75) is 31.8 Å². The van der Waals surface area contributed by atoms with Gasteiger partial charge in [-0.3, -0.25) is 14.0 Å². The molecule has 0 spiro atoms. The lowest BCUT2D eigenvalue weighted by atomic mass is 10.0. The van der Waals surface area contributed by atoms with Crippen LogP contribution in [0.3, 0.4) is 0 Å². The van der Waals surface area contributed by atoms with Crippen molar-refractivity contribution in [3.63, 3.8) is 0 Å². The maximum atomic E-state index is 13.5. The Morgan fingerprint density at radius 3 is 2.43 bits per heavy atom. The Kier molecular flexibility index (Phi) is 6.13. The van der Waals surface area contributed by atoms with Gasteiger partial charge in [0, 0.05) is 5.69 Å². The van der Waals surface area contributed by atoms with Gasteiger partial charge < -0.3 is 5.32 Å². The second-order valence-electron chi connectivity index (χ2n) is 8.68. The van der Waals surface area contributed by atoms with E-state index in [4.69, 9.17) is 0 Å². The first-order valence-corrected chi connectivity index (χ1v) is 12.4. The fourth-order valence-electron chi connectivity index (χ4n) is 4.08. The Bertz CT molecular complexity index is 1600. The van der Waals surface area contributed by atoms with Crippen molar-refractivity contribution in [1.29, 1.82) is 0 Å². The summed E-state index contributed by atoms with van der Waals surface area (Å²) < 4.78 is 3.43. The molecule has 5 aromatic rings. The molecule has 8 heteroatoms. The smallest absolute Gasteiger partial charge is 0.267 e. The van der Waals surface area contributed by atoms with Crippen LogP contribution >= 0.6 is 11.8 Å². The number of carbonyl (C=O) groups excluding carboxylic acids is 1. The molecule has 35 heavy (non-hydrogen) atoms. The molecule has 176 valence electrons. The van der Waals surface area contributed by atoms with E-state index in [2.05, 4.69) is 29.4 Å². The van der Waals surface area contributed by atoms with Gasteiger partial charge in [0.2, 0.25) is 11.7 Å². The van der Waals surface area contributed by atoms with Crippen molar-refractivity contribution in [2.24, 2.45) is 0 Å². The van der Waals surface area contributed by atoms with E-state index in [1.807, 2.05) is 78.1 Å². The summed E-state index contributed by atoms with van der Waals surface area (Å²) in [5.74, 6) is 0.865. The highest BCUT2D eigenvalue weighted by atomic mass is 32.2. The van der Waals surface area contributed by atoms with Gasteiger partial charge in [0.15, 0.2) is 5.16 Å². The molecule has 0 radical (unpaired) electrons. The minimum absolute atomic E-state index is 0.138. The van der Waals surface area contributed by atoms with Gasteiger partial charge in [-0.25, -0.2) is 4.57 Å². The Morgan fingerprint density at radius 2 is 1.69 bits per heavy atom. The highest BCUT2D eigenvalue weighted by Gasteiger charge is 2.19. The summed E-state index contributed by atoms with van der Waals surface area (Å²) >= 11 is 1.28. The Morgan fingerprint density at radius 1 is 0.971 bits per heavy atom. The van der Waals surface area contributed by atoms with Gasteiger partial charge in [0.05, 0.1) is 22.3 Å². The average Bonchev–Trinajstić information content (AvgIpc) is 3.28. The van der Waals surface area contributed by atoms with E-state index in [0.717, 1.165) is 16.9 Å². The zero-order valence-electron chi connectivity index (χ0n) is 19.7. The number of amides is 1. The summed E-state index contributed by atoms with van der Waals surface area (Å²) in [6.45, 7) is 6.22. The number of benzene rings is 3. The number of anilines is 1. The summed E-state index contributed by atoms with van der Waals surface area (Å²) in [4.78, 5) is 26.1. The van der Waals surface area contributed by atoms with Crippen molar-refractivity contribution in [2.75, 3.05) is 11.1 Å². The lowest BCUT2D eigenvalue weighted by molar-refractivity contribution is -0.113. The number of aromatic nitrogens is 4. The molecule has 0 fully saturated rings. The monoisotopic (exact) mass is 483 g/mol. The fourth-order valence-corrected chi connectivity index (χ4v) is 4.82. The molecule has 2 heterocycles. The van der Waals surface area contributed by atoms with Gasteiger partial charge in [-0.1, -0.05) is 68.1 Å². The van der Waals surface area contributed by atoms with Crippen LogP contribution in [0.15, 0.2) is 82.7 Å². The largest absolute Gasteiger partial charge is 0.325 e. The Hall–Kier alpha value is -3.91. The minimum Gasteiger partial charge on any atom is -0.325 e. The van der Waals surface area contributed by atoms with Gasteiger partial charge in [-0.05, 0) is 54.3 Å². The van der Waals surface area contributed by atoms with Gasteiger partial charge in [0.25, 0.3) is 5.56 Å². The van der Waals surface area contributed by atoms with E-state index in [9.17, 15) is 9.59 Å². The molecule has 0 saturated heterocycles. The van der Waals surface area contributed by atoms with Gasteiger partial charge >= 0.3 is 0 Å². The molecule has 2 aromatic heterocycles. The van der Waals surface area contributed by atoms with E-state index in [0.29, 0.717) is 27.8 Å². The molecule has 7 nitrogen and oxygen atoms in total. The van der Waals surface area contributed by atoms with Crippen LogP contribution in [0, 0.1) is 6.92 Å². The molecule has 0 atom stereocenters. The van der Waals surface area contributed by atoms with Crippen molar-refractivity contribution in [3.05, 3.63) is 94.3 Å². The second-order valence-corrected chi connectivity index (χ2v) is 9.62. The van der Waals surface area contributed by atoms with E-state index in [1.54, 1.807) is 10.6 Å². The Labute approximate surface area is 206 Å². The van der Waals surface area contributed by atoms with E-state index in [-0.39, 0.29) is 17.2 Å². The van der Waals surface area contributed by atoms with Crippen molar-refractivity contribution in [1.82, 2.24) is 19.2 Å². The van der Waals surface area contributed by atoms with Crippen LogP contribution in [0.1, 0.15) is 30.9 Å². The number of carbonyl (C=O) groups is 1. The zero-order chi connectivity index (χ0) is 24.5. The van der Waals surface area contributed by atoms with E-state index in [1.165, 1.54) is 17.3 Å².